The molecule has 2 N–H and O–H groups in total. The van der Waals surface area contributed by atoms with Gasteiger partial charge in [0.2, 0.25) is 0 Å². The molecule has 1 fully saturated rings. The monoisotopic (exact) mass is 286 g/mol. The molecule has 0 bridgehead atoms. The Bertz CT molecular complexity index is 320. The highest BCUT2D eigenvalue weighted by Crippen LogP contribution is 2.42. The SMILES string of the molecule is CCCCOC1CC(NC(=O)N(C)C(C)CO)C1(C)C. The van der Waals surface area contributed by atoms with Crippen LogP contribution in [0.15, 0.2) is 0 Å². The third kappa shape index (κ3) is 3.85. The molecule has 118 valence electrons. The number of urea groups is 1. The van der Waals surface area contributed by atoms with E-state index in [-0.39, 0.29) is 36.2 Å². The summed E-state index contributed by atoms with van der Waals surface area (Å²) < 4.78 is 5.87. The van der Waals surface area contributed by atoms with Crippen molar-refractivity contribution in [3.63, 3.8) is 0 Å². The van der Waals surface area contributed by atoms with Crippen molar-refractivity contribution in [2.75, 3.05) is 20.3 Å². The van der Waals surface area contributed by atoms with E-state index in [0.717, 1.165) is 25.9 Å². The zero-order valence-electron chi connectivity index (χ0n) is 13.5. The lowest BCUT2D eigenvalue weighted by molar-refractivity contribution is -0.115. The molecule has 1 aliphatic carbocycles. The van der Waals surface area contributed by atoms with Crippen molar-refractivity contribution in [3.8, 4) is 0 Å². The lowest BCUT2D eigenvalue weighted by atomic mass is 9.64. The average Bonchev–Trinajstić information content (AvgIpc) is 2.43. The second-order valence-electron chi connectivity index (χ2n) is 6.41. The van der Waals surface area contributed by atoms with Crippen LogP contribution in [0.1, 0.15) is 47.0 Å². The molecule has 2 amide bonds. The minimum Gasteiger partial charge on any atom is -0.394 e. The minimum atomic E-state index is -0.171. The number of nitrogens with zero attached hydrogens (tertiary/aromatic N) is 1. The highest BCUT2D eigenvalue weighted by Gasteiger charge is 2.49. The molecule has 5 heteroatoms. The summed E-state index contributed by atoms with van der Waals surface area (Å²) in [6.07, 6.45) is 3.31. The van der Waals surface area contributed by atoms with E-state index in [1.165, 1.54) is 0 Å². The molecular formula is C15H30N2O3. The second-order valence-corrected chi connectivity index (χ2v) is 6.41. The number of aliphatic hydroxyl groups excluding tert-OH is 1. The quantitative estimate of drug-likeness (QED) is 0.704. The van der Waals surface area contributed by atoms with Crippen LogP contribution in [0.4, 0.5) is 4.79 Å². The van der Waals surface area contributed by atoms with Gasteiger partial charge in [-0.25, -0.2) is 4.79 Å². The number of ether oxygens (including phenoxy) is 1. The van der Waals surface area contributed by atoms with E-state index in [1.807, 2.05) is 6.92 Å². The largest absolute Gasteiger partial charge is 0.394 e. The fourth-order valence-corrected chi connectivity index (χ4v) is 2.36. The lowest BCUT2D eigenvalue weighted by Gasteiger charge is -2.52. The predicted octanol–water partition coefficient (Wildman–Crippen LogP) is 1.99. The number of rotatable bonds is 7. The van der Waals surface area contributed by atoms with Crippen molar-refractivity contribution in [2.24, 2.45) is 5.41 Å². The highest BCUT2D eigenvalue weighted by molar-refractivity contribution is 5.74. The van der Waals surface area contributed by atoms with Crippen LogP contribution in [-0.2, 0) is 4.74 Å². The van der Waals surface area contributed by atoms with Crippen LogP contribution in [0.2, 0.25) is 0 Å². The Labute approximate surface area is 122 Å². The number of aliphatic hydroxyl groups is 1. The van der Waals surface area contributed by atoms with Gasteiger partial charge in [0.05, 0.1) is 18.8 Å². The Balaban J connectivity index is 2.41. The van der Waals surface area contributed by atoms with Gasteiger partial charge in [-0.1, -0.05) is 27.2 Å². The van der Waals surface area contributed by atoms with Crippen molar-refractivity contribution >= 4 is 6.03 Å². The van der Waals surface area contributed by atoms with Crippen molar-refractivity contribution in [2.45, 2.75) is 65.1 Å². The number of amides is 2. The molecule has 1 saturated carbocycles. The topological polar surface area (TPSA) is 61.8 Å². The van der Waals surface area contributed by atoms with E-state index in [4.69, 9.17) is 9.84 Å². The zero-order valence-corrected chi connectivity index (χ0v) is 13.5. The number of carbonyl (C=O) groups excluding carboxylic acids is 1. The maximum Gasteiger partial charge on any atom is 0.317 e. The van der Waals surface area contributed by atoms with Gasteiger partial charge in [0.15, 0.2) is 0 Å². The first-order chi connectivity index (χ1) is 9.34. The van der Waals surface area contributed by atoms with E-state index < -0.39 is 0 Å². The van der Waals surface area contributed by atoms with Gasteiger partial charge >= 0.3 is 6.03 Å². The molecule has 0 heterocycles. The summed E-state index contributed by atoms with van der Waals surface area (Å²) in [6.45, 7) is 9.01. The van der Waals surface area contributed by atoms with Crippen LogP contribution in [-0.4, -0.2) is 54.5 Å². The molecule has 0 saturated heterocycles. The maximum atomic E-state index is 12.1. The van der Waals surface area contributed by atoms with Crippen LogP contribution in [0.25, 0.3) is 0 Å². The number of hydrogen-bond donors (Lipinski definition) is 2. The molecule has 0 aromatic rings. The molecular weight excluding hydrogens is 256 g/mol. The van der Waals surface area contributed by atoms with Gasteiger partial charge in [0, 0.05) is 25.1 Å². The van der Waals surface area contributed by atoms with Gasteiger partial charge in [0.25, 0.3) is 0 Å². The maximum absolute atomic E-state index is 12.1. The fourth-order valence-electron chi connectivity index (χ4n) is 2.36. The zero-order chi connectivity index (χ0) is 15.3. The Morgan fingerprint density at radius 2 is 2.20 bits per heavy atom. The molecule has 5 nitrogen and oxygen atoms in total. The normalized spacial score (nSPS) is 25.7. The predicted molar refractivity (Wildman–Crippen MR) is 79.7 cm³/mol. The van der Waals surface area contributed by atoms with Gasteiger partial charge in [-0.15, -0.1) is 0 Å². The molecule has 0 aromatic heterocycles. The van der Waals surface area contributed by atoms with E-state index >= 15 is 0 Å². The van der Waals surface area contributed by atoms with Crippen LogP contribution in [0.5, 0.6) is 0 Å². The summed E-state index contributed by atoms with van der Waals surface area (Å²) in [7, 11) is 1.71. The molecule has 0 radical (unpaired) electrons. The first kappa shape index (κ1) is 17.2. The van der Waals surface area contributed by atoms with Crippen molar-refractivity contribution < 1.29 is 14.6 Å². The summed E-state index contributed by atoms with van der Waals surface area (Å²) in [5, 5.41) is 12.1. The fraction of sp³-hybridized carbons (Fsp3) is 0.933. The van der Waals surface area contributed by atoms with Gasteiger partial charge in [0.1, 0.15) is 0 Å². The Kier molecular flexibility index (Phi) is 6.27. The van der Waals surface area contributed by atoms with Crippen molar-refractivity contribution in [1.29, 1.82) is 0 Å². The first-order valence-corrected chi connectivity index (χ1v) is 7.60. The number of likely N-dealkylation sites (N-methyl/N-ethyl adjacent to an activating group) is 1. The average molecular weight is 286 g/mol. The molecule has 3 atom stereocenters. The van der Waals surface area contributed by atoms with Gasteiger partial charge in [-0.05, 0) is 19.8 Å². The van der Waals surface area contributed by atoms with Crippen LogP contribution >= 0.6 is 0 Å². The summed E-state index contributed by atoms with van der Waals surface area (Å²) in [5.74, 6) is 0. The highest BCUT2D eigenvalue weighted by atomic mass is 16.5. The molecule has 20 heavy (non-hydrogen) atoms. The summed E-state index contributed by atoms with van der Waals surface area (Å²) in [6, 6.07) is -0.165. The van der Waals surface area contributed by atoms with Gasteiger partial charge in [-0.2, -0.15) is 0 Å². The van der Waals surface area contributed by atoms with Crippen LogP contribution < -0.4 is 5.32 Å². The Morgan fingerprint density at radius 1 is 1.55 bits per heavy atom. The number of carbonyl (C=O) groups is 1. The number of nitrogens with one attached hydrogen (secondary N) is 1. The van der Waals surface area contributed by atoms with Crippen molar-refractivity contribution in [1.82, 2.24) is 10.2 Å². The standard InChI is InChI=1S/C15H30N2O3/c1-6-7-8-20-13-9-12(15(13,3)4)16-14(19)17(5)11(2)10-18/h11-13,18H,6-10H2,1-5H3,(H,16,19). The van der Waals surface area contributed by atoms with Gasteiger partial charge in [-0.3, -0.25) is 0 Å². The second kappa shape index (κ2) is 7.27. The Morgan fingerprint density at radius 3 is 2.70 bits per heavy atom. The molecule has 0 spiro atoms. The van der Waals surface area contributed by atoms with E-state index in [1.54, 1.807) is 11.9 Å². The van der Waals surface area contributed by atoms with E-state index in [0.29, 0.717) is 0 Å². The lowest BCUT2D eigenvalue weighted by Crippen LogP contribution is -2.63. The summed E-state index contributed by atoms with van der Waals surface area (Å²) in [4.78, 5) is 13.6. The molecule has 1 aliphatic rings. The van der Waals surface area contributed by atoms with E-state index in [9.17, 15) is 4.79 Å². The third-order valence-electron chi connectivity index (χ3n) is 4.54. The first-order valence-electron chi connectivity index (χ1n) is 7.60. The van der Waals surface area contributed by atoms with E-state index in [2.05, 4.69) is 26.1 Å². The van der Waals surface area contributed by atoms with Gasteiger partial charge < -0.3 is 20.1 Å². The summed E-state index contributed by atoms with van der Waals surface area (Å²) >= 11 is 0. The van der Waals surface area contributed by atoms with Crippen molar-refractivity contribution in [3.05, 3.63) is 0 Å². The Hall–Kier alpha value is -0.810. The molecule has 0 aromatic carbocycles. The van der Waals surface area contributed by atoms with Crippen LogP contribution in [0.3, 0.4) is 0 Å². The molecule has 0 aliphatic heterocycles. The molecule has 3 unspecified atom stereocenters. The number of hydrogen-bond acceptors (Lipinski definition) is 3. The van der Waals surface area contributed by atoms with Crippen LogP contribution in [0, 0.1) is 5.41 Å². The minimum absolute atomic E-state index is 0.0271. The summed E-state index contributed by atoms with van der Waals surface area (Å²) in [5.41, 5.74) is -0.0350. The molecule has 1 rings (SSSR count). The number of unbranched alkanes of at least 4 members (excludes halogenated alkanes) is 1. The smallest absolute Gasteiger partial charge is 0.317 e. The third-order valence-corrected chi connectivity index (χ3v) is 4.54.